The predicted octanol–water partition coefficient (Wildman–Crippen LogP) is 2.61. The van der Waals surface area contributed by atoms with Crippen molar-refractivity contribution in [2.24, 2.45) is 0 Å². The molecule has 0 aliphatic carbocycles. The van der Waals surface area contributed by atoms with Gasteiger partial charge in [-0.2, -0.15) is 0 Å². The zero-order chi connectivity index (χ0) is 21.8. The third-order valence-corrected chi connectivity index (χ3v) is 5.76. The Hall–Kier alpha value is -2.98. The van der Waals surface area contributed by atoms with Gasteiger partial charge in [-0.25, -0.2) is 14.6 Å². The molecule has 1 fully saturated rings. The summed E-state index contributed by atoms with van der Waals surface area (Å²) in [6.07, 6.45) is 3.33. The van der Waals surface area contributed by atoms with E-state index in [1.165, 1.54) is 11.8 Å². The van der Waals surface area contributed by atoms with Gasteiger partial charge in [-0.05, 0) is 44.2 Å². The molecule has 1 saturated heterocycles. The Morgan fingerprint density at radius 2 is 1.84 bits per heavy atom. The van der Waals surface area contributed by atoms with Gasteiger partial charge in [0.25, 0.3) is 5.91 Å². The van der Waals surface area contributed by atoms with Crippen molar-refractivity contribution in [3.8, 4) is 11.4 Å². The van der Waals surface area contributed by atoms with Gasteiger partial charge in [-0.3, -0.25) is 4.79 Å². The number of aromatic nitrogens is 5. The number of thioether (sulfide) groups is 1. The zero-order valence-corrected chi connectivity index (χ0v) is 18.5. The summed E-state index contributed by atoms with van der Waals surface area (Å²) in [6, 6.07) is 9.23. The molecule has 31 heavy (non-hydrogen) atoms. The number of carbonyl (C=O) groups excluding carboxylic acids is 1. The van der Waals surface area contributed by atoms with Crippen LogP contribution in [0.15, 0.2) is 47.9 Å². The van der Waals surface area contributed by atoms with Crippen molar-refractivity contribution in [1.82, 2.24) is 29.9 Å². The Morgan fingerprint density at radius 1 is 1.16 bits per heavy atom. The molecule has 1 amide bonds. The molecule has 0 spiro atoms. The average Bonchev–Trinajstić information content (AvgIpc) is 3.21. The van der Waals surface area contributed by atoms with E-state index in [4.69, 9.17) is 9.47 Å². The molecule has 0 bridgehead atoms. The lowest BCUT2D eigenvalue weighted by molar-refractivity contribution is -0.0587. The number of hydrogen-bond acceptors (Lipinski definition) is 8. The third kappa shape index (κ3) is 4.86. The highest BCUT2D eigenvalue weighted by atomic mass is 32.2. The van der Waals surface area contributed by atoms with Crippen LogP contribution >= 0.6 is 11.8 Å². The maximum Gasteiger partial charge on any atom is 0.276 e. The van der Waals surface area contributed by atoms with Gasteiger partial charge in [0.1, 0.15) is 5.75 Å². The Balaban J connectivity index is 1.66. The molecule has 2 atom stereocenters. The molecule has 10 heteroatoms. The van der Waals surface area contributed by atoms with Crippen molar-refractivity contribution < 1.29 is 14.3 Å². The lowest BCUT2D eigenvalue weighted by atomic mass is 10.2. The second-order valence-corrected chi connectivity index (χ2v) is 8.22. The monoisotopic (exact) mass is 440 g/mol. The van der Waals surface area contributed by atoms with E-state index in [2.05, 4.69) is 20.3 Å². The van der Waals surface area contributed by atoms with Crippen molar-refractivity contribution >= 4 is 17.7 Å². The van der Waals surface area contributed by atoms with Crippen molar-refractivity contribution in [3.63, 3.8) is 0 Å². The molecule has 0 radical (unpaired) electrons. The number of morpholine rings is 1. The highest BCUT2D eigenvalue weighted by molar-refractivity contribution is 7.98. The highest BCUT2D eigenvalue weighted by Crippen LogP contribution is 2.25. The Labute approximate surface area is 184 Å². The van der Waals surface area contributed by atoms with Crippen molar-refractivity contribution in [2.75, 3.05) is 20.2 Å². The fraction of sp³-hybridized carbons (Fsp3) is 0.381. The van der Waals surface area contributed by atoms with Gasteiger partial charge in [-0.15, -0.1) is 5.10 Å². The van der Waals surface area contributed by atoms with Crippen molar-refractivity contribution in [2.45, 2.75) is 37.0 Å². The number of carbonyl (C=O) groups is 1. The van der Waals surface area contributed by atoms with E-state index >= 15 is 0 Å². The SMILES string of the molecule is COc1ccc(-n2nnc(C(=O)N3CC(C)OC(C)C3)c2CSc2ncccn2)cc1. The summed E-state index contributed by atoms with van der Waals surface area (Å²) in [5.74, 6) is 1.04. The molecule has 4 rings (SSSR count). The summed E-state index contributed by atoms with van der Waals surface area (Å²) in [5, 5.41) is 9.19. The standard InChI is InChI=1S/C21H24N6O3S/c1-14-11-26(12-15(2)30-14)20(28)19-18(13-31-21-22-9-4-10-23-21)27(25-24-19)16-5-7-17(29-3)8-6-16/h4-10,14-15H,11-13H2,1-3H3. The Bertz CT molecular complexity index is 1020. The molecule has 0 saturated carbocycles. The molecular formula is C21H24N6O3S. The number of ether oxygens (including phenoxy) is 2. The van der Waals surface area contributed by atoms with Crippen LogP contribution < -0.4 is 4.74 Å². The van der Waals surface area contributed by atoms with E-state index in [1.807, 2.05) is 38.1 Å². The van der Waals surface area contributed by atoms with Crippen LogP contribution in [0.3, 0.4) is 0 Å². The van der Waals surface area contributed by atoms with E-state index < -0.39 is 0 Å². The van der Waals surface area contributed by atoms with Crippen LogP contribution in [0.5, 0.6) is 5.75 Å². The summed E-state index contributed by atoms with van der Waals surface area (Å²) >= 11 is 1.43. The van der Waals surface area contributed by atoms with E-state index in [-0.39, 0.29) is 18.1 Å². The minimum absolute atomic E-state index is 0.0279. The minimum atomic E-state index is -0.147. The van der Waals surface area contributed by atoms with Crippen LogP contribution in [-0.4, -0.2) is 68.2 Å². The van der Waals surface area contributed by atoms with Gasteiger partial charge in [0.2, 0.25) is 0 Å². The normalized spacial score (nSPS) is 18.7. The first kappa shape index (κ1) is 21.3. The van der Waals surface area contributed by atoms with E-state index in [0.717, 1.165) is 11.4 Å². The highest BCUT2D eigenvalue weighted by Gasteiger charge is 2.31. The fourth-order valence-electron chi connectivity index (χ4n) is 3.51. The van der Waals surface area contributed by atoms with Crippen LogP contribution in [0, 0.1) is 0 Å². The number of nitrogens with zero attached hydrogens (tertiary/aromatic N) is 6. The maximum absolute atomic E-state index is 13.4. The fourth-order valence-corrected chi connectivity index (χ4v) is 4.31. The third-order valence-electron chi connectivity index (χ3n) is 4.87. The van der Waals surface area contributed by atoms with Gasteiger partial charge >= 0.3 is 0 Å². The Kier molecular flexibility index (Phi) is 6.47. The topological polar surface area (TPSA) is 95.3 Å². The molecular weight excluding hydrogens is 416 g/mol. The average molecular weight is 441 g/mol. The second-order valence-electron chi connectivity index (χ2n) is 7.28. The molecule has 1 aliphatic rings. The van der Waals surface area contributed by atoms with Gasteiger partial charge in [0.15, 0.2) is 10.9 Å². The van der Waals surface area contributed by atoms with Gasteiger partial charge in [0, 0.05) is 31.2 Å². The van der Waals surface area contributed by atoms with Crippen LogP contribution in [-0.2, 0) is 10.5 Å². The largest absolute Gasteiger partial charge is 0.497 e. The quantitative estimate of drug-likeness (QED) is 0.426. The summed E-state index contributed by atoms with van der Waals surface area (Å²) < 4.78 is 12.7. The van der Waals surface area contributed by atoms with Crippen LogP contribution in [0.25, 0.3) is 5.69 Å². The number of benzene rings is 1. The Morgan fingerprint density at radius 3 is 2.48 bits per heavy atom. The molecule has 0 N–H and O–H groups in total. The zero-order valence-electron chi connectivity index (χ0n) is 17.6. The predicted molar refractivity (Wildman–Crippen MR) is 115 cm³/mol. The van der Waals surface area contributed by atoms with Gasteiger partial charge in [-0.1, -0.05) is 17.0 Å². The number of amides is 1. The minimum Gasteiger partial charge on any atom is -0.497 e. The van der Waals surface area contributed by atoms with Crippen LogP contribution in [0.2, 0.25) is 0 Å². The van der Waals surface area contributed by atoms with Crippen LogP contribution in [0.4, 0.5) is 0 Å². The van der Waals surface area contributed by atoms with Crippen molar-refractivity contribution in [1.29, 1.82) is 0 Å². The molecule has 2 unspecified atom stereocenters. The van der Waals surface area contributed by atoms with E-state index in [1.54, 1.807) is 35.2 Å². The molecule has 162 valence electrons. The van der Waals surface area contributed by atoms with E-state index in [9.17, 15) is 4.79 Å². The molecule has 3 heterocycles. The maximum atomic E-state index is 13.4. The van der Waals surface area contributed by atoms with Crippen LogP contribution in [0.1, 0.15) is 30.0 Å². The number of methoxy groups -OCH3 is 1. The smallest absolute Gasteiger partial charge is 0.276 e. The molecule has 3 aromatic rings. The molecule has 1 aromatic carbocycles. The van der Waals surface area contributed by atoms with Gasteiger partial charge < -0.3 is 14.4 Å². The first-order valence-corrected chi connectivity index (χ1v) is 11.0. The van der Waals surface area contributed by atoms with Gasteiger partial charge in [0.05, 0.1) is 30.7 Å². The summed E-state index contributed by atoms with van der Waals surface area (Å²) in [7, 11) is 1.62. The molecule has 1 aliphatic heterocycles. The van der Waals surface area contributed by atoms with E-state index in [0.29, 0.717) is 35.4 Å². The first-order chi connectivity index (χ1) is 15.0. The number of hydrogen-bond donors (Lipinski definition) is 0. The summed E-state index contributed by atoms with van der Waals surface area (Å²) in [6.45, 7) is 4.97. The summed E-state index contributed by atoms with van der Waals surface area (Å²) in [4.78, 5) is 23.7. The lowest BCUT2D eigenvalue weighted by Gasteiger charge is -2.35. The lowest BCUT2D eigenvalue weighted by Crippen LogP contribution is -2.48. The summed E-state index contributed by atoms with van der Waals surface area (Å²) in [5.41, 5.74) is 1.82. The molecule has 9 nitrogen and oxygen atoms in total. The first-order valence-electron chi connectivity index (χ1n) is 9.98. The molecule has 2 aromatic heterocycles. The second kappa shape index (κ2) is 9.44. The van der Waals surface area contributed by atoms with Crippen molar-refractivity contribution in [3.05, 3.63) is 54.1 Å². The number of rotatable bonds is 6.